The predicted octanol–water partition coefficient (Wildman–Crippen LogP) is 6.03. The summed E-state index contributed by atoms with van der Waals surface area (Å²) >= 11 is 0. The maximum Gasteiger partial charge on any atom is 0.218 e. The minimum absolute atomic E-state index is 1.21. The molecule has 1 nitrogen and oxygen atoms in total. The van der Waals surface area contributed by atoms with E-state index in [1.165, 1.54) is 78.6 Å². The number of benzene rings is 3. The third kappa shape index (κ3) is 2.49. The van der Waals surface area contributed by atoms with E-state index in [9.17, 15) is 0 Å². The van der Waals surface area contributed by atoms with Gasteiger partial charge in [0.1, 0.15) is 0 Å². The third-order valence-electron chi connectivity index (χ3n) is 6.81. The molecule has 0 unspecified atom stereocenters. The van der Waals surface area contributed by atoms with Gasteiger partial charge in [0.05, 0.1) is 5.39 Å². The average molecular weight is 365 g/mol. The number of aryl methyl sites for hydroxylation is 2. The van der Waals surface area contributed by atoms with Crippen molar-refractivity contribution in [2.75, 3.05) is 0 Å². The highest BCUT2D eigenvalue weighted by Crippen LogP contribution is 2.30. The molecule has 0 radical (unpaired) electrons. The normalized spacial score (nSPS) is 16.1. The van der Waals surface area contributed by atoms with Crippen molar-refractivity contribution in [3.05, 3.63) is 83.2 Å². The van der Waals surface area contributed by atoms with Crippen LogP contribution in [0.25, 0.3) is 27.2 Å². The number of pyridine rings is 1. The van der Waals surface area contributed by atoms with Crippen molar-refractivity contribution in [1.29, 1.82) is 0 Å². The fourth-order valence-corrected chi connectivity index (χ4v) is 5.46. The first-order valence-electron chi connectivity index (χ1n) is 10.9. The highest BCUT2D eigenvalue weighted by atomic mass is 15.0. The van der Waals surface area contributed by atoms with E-state index in [2.05, 4.69) is 65.2 Å². The van der Waals surface area contributed by atoms with Gasteiger partial charge < -0.3 is 0 Å². The Labute approximate surface area is 166 Å². The van der Waals surface area contributed by atoms with Gasteiger partial charge in [-0.2, -0.15) is 4.57 Å². The van der Waals surface area contributed by atoms with E-state index in [1.54, 1.807) is 22.5 Å². The minimum Gasteiger partial charge on any atom is -0.161 e. The summed E-state index contributed by atoms with van der Waals surface area (Å²) in [6.45, 7) is 0. The van der Waals surface area contributed by atoms with Gasteiger partial charge in [0.2, 0.25) is 5.69 Å². The van der Waals surface area contributed by atoms with Crippen molar-refractivity contribution in [2.24, 2.45) is 0 Å². The number of hydrogen-bond acceptors (Lipinski definition) is 0. The van der Waals surface area contributed by atoms with Crippen LogP contribution in [0.15, 0.2) is 60.7 Å². The van der Waals surface area contributed by atoms with Crippen LogP contribution in [0.1, 0.15) is 48.2 Å². The minimum atomic E-state index is 1.21. The molecule has 1 aromatic heterocycles. The van der Waals surface area contributed by atoms with E-state index in [-0.39, 0.29) is 0 Å². The summed E-state index contributed by atoms with van der Waals surface area (Å²) in [7, 11) is 0. The van der Waals surface area contributed by atoms with Crippen LogP contribution < -0.4 is 4.57 Å². The lowest BCUT2D eigenvalue weighted by Crippen LogP contribution is -2.44. The third-order valence-corrected chi connectivity index (χ3v) is 6.81. The molecule has 0 saturated carbocycles. The number of hydrogen-bond donors (Lipinski definition) is 0. The summed E-state index contributed by atoms with van der Waals surface area (Å²) in [5.74, 6) is 0. The first-order valence-corrected chi connectivity index (χ1v) is 10.9. The van der Waals surface area contributed by atoms with Crippen LogP contribution in [0, 0.1) is 0 Å². The molecule has 0 spiro atoms. The van der Waals surface area contributed by atoms with Gasteiger partial charge in [-0.25, -0.2) is 0 Å². The molecule has 1 heterocycles. The molecule has 4 aromatic rings. The van der Waals surface area contributed by atoms with Gasteiger partial charge in [-0.05, 0) is 72.9 Å². The lowest BCUT2D eigenvalue weighted by Gasteiger charge is -2.22. The molecule has 0 bridgehead atoms. The quantitative estimate of drug-likeness (QED) is 0.287. The summed E-state index contributed by atoms with van der Waals surface area (Å²) in [5, 5.41) is 5.40. The van der Waals surface area contributed by atoms with Crippen LogP contribution in [0.4, 0.5) is 0 Å². The highest BCUT2D eigenvalue weighted by molar-refractivity contribution is 6.00. The zero-order valence-electron chi connectivity index (χ0n) is 16.4. The van der Waals surface area contributed by atoms with Crippen molar-refractivity contribution in [3.63, 3.8) is 0 Å². The monoisotopic (exact) mass is 364 g/mol. The van der Waals surface area contributed by atoms with E-state index in [0.717, 1.165) is 0 Å². The number of aromatic nitrogens is 1. The Morgan fingerprint density at radius 3 is 1.86 bits per heavy atom. The molecule has 2 aliphatic rings. The number of fused-ring (bicyclic) bond motifs is 4. The van der Waals surface area contributed by atoms with Gasteiger partial charge in [0.25, 0.3) is 0 Å². The molecule has 1 heteroatoms. The molecule has 6 rings (SSSR count). The van der Waals surface area contributed by atoms with Crippen molar-refractivity contribution in [2.45, 2.75) is 51.4 Å². The molecule has 2 aliphatic carbocycles. The van der Waals surface area contributed by atoms with Gasteiger partial charge in [-0.15, -0.1) is 0 Å². The Morgan fingerprint density at radius 2 is 1.14 bits per heavy atom. The molecule has 0 aliphatic heterocycles. The van der Waals surface area contributed by atoms with Crippen molar-refractivity contribution in [1.82, 2.24) is 0 Å². The maximum atomic E-state index is 2.68. The molecule has 3 aromatic carbocycles. The SMILES string of the molecule is c1ccc2cc3c(-[n+]4c5c(cc6c4CCCC6)CCCC5)cccc3cc2c1. The fraction of sp³-hybridized carbons (Fsp3) is 0.296. The second kappa shape index (κ2) is 6.44. The standard InChI is InChI=1S/C27H26N/c1-2-9-20-18-24-21(16-19(20)8-1)12-7-15-27(24)28-25-13-5-3-10-22(25)17-23-11-4-6-14-26(23)28/h1-2,7-9,12,15-18H,3-6,10-11,13-14H2/q+1. The van der Waals surface area contributed by atoms with Crippen LogP contribution >= 0.6 is 0 Å². The number of rotatable bonds is 1. The first-order chi connectivity index (χ1) is 13.9. The molecule has 0 fully saturated rings. The van der Waals surface area contributed by atoms with Crippen molar-refractivity contribution in [3.8, 4) is 5.69 Å². The van der Waals surface area contributed by atoms with Gasteiger partial charge in [-0.1, -0.05) is 36.4 Å². The van der Waals surface area contributed by atoms with E-state index in [1.807, 2.05) is 0 Å². The fourth-order valence-electron chi connectivity index (χ4n) is 5.46. The zero-order chi connectivity index (χ0) is 18.5. The van der Waals surface area contributed by atoms with Crippen molar-refractivity contribution >= 4 is 21.5 Å². The summed E-state index contributed by atoms with van der Waals surface area (Å²) in [5.41, 5.74) is 7.75. The maximum absolute atomic E-state index is 2.68. The topological polar surface area (TPSA) is 3.88 Å². The average Bonchev–Trinajstić information content (AvgIpc) is 2.76. The van der Waals surface area contributed by atoms with Gasteiger partial charge in [0, 0.05) is 30.0 Å². The van der Waals surface area contributed by atoms with Gasteiger partial charge in [0.15, 0.2) is 11.4 Å². The highest BCUT2D eigenvalue weighted by Gasteiger charge is 2.31. The van der Waals surface area contributed by atoms with Crippen molar-refractivity contribution < 1.29 is 4.57 Å². The smallest absolute Gasteiger partial charge is 0.161 e. The van der Waals surface area contributed by atoms with Crippen LogP contribution in [-0.2, 0) is 25.7 Å². The van der Waals surface area contributed by atoms with Crippen LogP contribution in [0.3, 0.4) is 0 Å². The molecule has 138 valence electrons. The Bertz CT molecular complexity index is 1180. The van der Waals surface area contributed by atoms with Crippen LogP contribution in [-0.4, -0.2) is 0 Å². The molecule has 0 atom stereocenters. The Hall–Kier alpha value is -2.67. The van der Waals surface area contributed by atoms with Gasteiger partial charge in [-0.3, -0.25) is 0 Å². The molecule has 28 heavy (non-hydrogen) atoms. The second-order valence-electron chi connectivity index (χ2n) is 8.54. The molecular weight excluding hydrogens is 338 g/mol. The molecule has 0 N–H and O–H groups in total. The van der Waals surface area contributed by atoms with E-state index in [0.29, 0.717) is 0 Å². The van der Waals surface area contributed by atoms with E-state index in [4.69, 9.17) is 0 Å². The lowest BCUT2D eigenvalue weighted by atomic mass is 9.88. The van der Waals surface area contributed by atoms with Gasteiger partial charge >= 0.3 is 0 Å². The summed E-state index contributed by atoms with van der Waals surface area (Å²) in [6, 6.07) is 22.9. The summed E-state index contributed by atoms with van der Waals surface area (Å²) < 4.78 is 2.68. The zero-order valence-corrected chi connectivity index (χ0v) is 16.4. The Kier molecular flexibility index (Phi) is 3.75. The largest absolute Gasteiger partial charge is 0.218 e. The van der Waals surface area contributed by atoms with E-state index < -0.39 is 0 Å². The first kappa shape index (κ1) is 16.3. The van der Waals surface area contributed by atoms with Crippen LogP contribution in [0.2, 0.25) is 0 Å². The Balaban J connectivity index is 1.70. The van der Waals surface area contributed by atoms with Crippen LogP contribution in [0.5, 0.6) is 0 Å². The predicted molar refractivity (Wildman–Crippen MR) is 116 cm³/mol. The summed E-state index contributed by atoms with van der Waals surface area (Å²) in [6.07, 6.45) is 10.2. The molecular formula is C27H26N+. The second-order valence-corrected chi connectivity index (χ2v) is 8.54. The van der Waals surface area contributed by atoms with E-state index >= 15 is 0 Å². The molecule has 0 amide bonds. The molecule has 0 saturated heterocycles. The summed E-state index contributed by atoms with van der Waals surface area (Å²) in [4.78, 5) is 0. The Morgan fingerprint density at radius 1 is 0.536 bits per heavy atom. The lowest BCUT2D eigenvalue weighted by molar-refractivity contribution is -0.613. The number of nitrogens with zero attached hydrogens (tertiary/aromatic N) is 1.